The third-order valence-corrected chi connectivity index (χ3v) is 4.78. The number of hydrogen-bond acceptors (Lipinski definition) is 4. The molecule has 0 saturated carbocycles. The van der Waals surface area contributed by atoms with E-state index in [1.165, 1.54) is 0 Å². The molecule has 3 rings (SSSR count). The minimum absolute atomic E-state index is 0.108. The molecular formula is C19H24N4O3. The molecular weight excluding hydrogens is 332 g/mol. The molecule has 0 bridgehead atoms. The van der Waals surface area contributed by atoms with Crippen LogP contribution in [0.1, 0.15) is 36.0 Å². The lowest BCUT2D eigenvalue weighted by Crippen LogP contribution is -2.50. The molecule has 2 heterocycles. The molecule has 2 amide bonds. The number of rotatable bonds is 5. The van der Waals surface area contributed by atoms with Crippen molar-refractivity contribution in [3.8, 4) is 0 Å². The summed E-state index contributed by atoms with van der Waals surface area (Å²) in [7, 11) is 0. The van der Waals surface area contributed by atoms with Crippen LogP contribution < -0.4 is 16.6 Å². The Hall–Kier alpha value is -2.67. The number of aromatic amines is 1. The fourth-order valence-electron chi connectivity index (χ4n) is 3.39. The lowest BCUT2D eigenvalue weighted by molar-refractivity contribution is -0.121. The van der Waals surface area contributed by atoms with Crippen molar-refractivity contribution in [1.82, 2.24) is 15.2 Å². The van der Waals surface area contributed by atoms with Gasteiger partial charge in [-0.25, -0.2) is 0 Å². The van der Waals surface area contributed by atoms with Crippen molar-refractivity contribution < 1.29 is 9.59 Å². The number of H-pyrrole nitrogens is 1. The van der Waals surface area contributed by atoms with E-state index < -0.39 is 0 Å². The zero-order chi connectivity index (χ0) is 18.5. The van der Waals surface area contributed by atoms with Crippen molar-refractivity contribution in [2.24, 2.45) is 5.73 Å². The number of carbonyl (C=O) groups excluding carboxylic acids is 2. The molecule has 0 aliphatic carbocycles. The van der Waals surface area contributed by atoms with Crippen LogP contribution in [0.5, 0.6) is 0 Å². The standard InChI is InChI=1S/C19H24N4O3/c20-9-8-17(24)21-12-14-6-3-4-10-23(14)19(26)15-11-13-5-1-2-7-16(13)22-18(15)25/h1-2,5,7,11,14H,3-4,6,8-10,12,20H2,(H,21,24)(H,22,25). The summed E-state index contributed by atoms with van der Waals surface area (Å²) >= 11 is 0. The summed E-state index contributed by atoms with van der Waals surface area (Å²) in [5.74, 6) is -0.399. The van der Waals surface area contributed by atoms with Gasteiger partial charge in [0.2, 0.25) is 5.91 Å². The van der Waals surface area contributed by atoms with Crippen LogP contribution in [0, 0.1) is 0 Å². The second-order valence-electron chi connectivity index (χ2n) is 6.59. The minimum atomic E-state index is -0.384. The van der Waals surface area contributed by atoms with Gasteiger partial charge in [0.25, 0.3) is 11.5 Å². The Kier molecular flexibility index (Phi) is 5.68. The maximum atomic E-state index is 13.0. The van der Waals surface area contributed by atoms with E-state index in [1.54, 1.807) is 11.0 Å². The Labute approximate surface area is 151 Å². The molecule has 138 valence electrons. The summed E-state index contributed by atoms with van der Waals surface area (Å²) in [6.07, 6.45) is 2.96. The number of fused-ring (bicyclic) bond motifs is 1. The molecule has 1 aliphatic heterocycles. The number of nitrogens with one attached hydrogen (secondary N) is 2. The highest BCUT2D eigenvalue weighted by atomic mass is 16.2. The van der Waals surface area contributed by atoms with Gasteiger partial charge < -0.3 is 20.9 Å². The van der Waals surface area contributed by atoms with E-state index in [9.17, 15) is 14.4 Å². The van der Waals surface area contributed by atoms with Gasteiger partial charge in [0.1, 0.15) is 5.56 Å². The number of piperidine rings is 1. The predicted molar refractivity (Wildman–Crippen MR) is 99.9 cm³/mol. The van der Waals surface area contributed by atoms with Crippen molar-refractivity contribution >= 4 is 22.7 Å². The van der Waals surface area contributed by atoms with Gasteiger partial charge >= 0.3 is 0 Å². The van der Waals surface area contributed by atoms with Crippen molar-refractivity contribution in [2.45, 2.75) is 31.7 Å². The number of pyridine rings is 1. The molecule has 4 N–H and O–H groups in total. The Bertz CT molecular complexity index is 861. The highest BCUT2D eigenvalue weighted by Gasteiger charge is 2.29. The van der Waals surface area contributed by atoms with E-state index in [1.807, 2.05) is 24.3 Å². The maximum absolute atomic E-state index is 13.0. The first-order valence-electron chi connectivity index (χ1n) is 9.00. The van der Waals surface area contributed by atoms with Crippen molar-refractivity contribution in [3.63, 3.8) is 0 Å². The number of para-hydroxylation sites is 1. The zero-order valence-corrected chi connectivity index (χ0v) is 14.7. The van der Waals surface area contributed by atoms with Gasteiger partial charge in [0.15, 0.2) is 0 Å². The van der Waals surface area contributed by atoms with E-state index in [4.69, 9.17) is 5.73 Å². The number of amides is 2. The molecule has 1 aromatic carbocycles. The summed E-state index contributed by atoms with van der Waals surface area (Å²) in [5, 5.41) is 3.65. The minimum Gasteiger partial charge on any atom is -0.354 e. The molecule has 0 radical (unpaired) electrons. The molecule has 1 fully saturated rings. The third-order valence-electron chi connectivity index (χ3n) is 4.78. The molecule has 2 aromatic rings. The van der Waals surface area contributed by atoms with Gasteiger partial charge in [0.05, 0.1) is 0 Å². The van der Waals surface area contributed by atoms with Crippen molar-refractivity contribution in [2.75, 3.05) is 19.6 Å². The molecule has 1 aromatic heterocycles. The number of aromatic nitrogens is 1. The largest absolute Gasteiger partial charge is 0.354 e. The van der Waals surface area contributed by atoms with Crippen LogP contribution in [-0.2, 0) is 4.79 Å². The summed E-state index contributed by atoms with van der Waals surface area (Å²) in [6, 6.07) is 8.92. The Balaban J connectivity index is 1.81. The molecule has 1 unspecified atom stereocenters. The first-order chi connectivity index (χ1) is 12.6. The van der Waals surface area contributed by atoms with E-state index in [2.05, 4.69) is 10.3 Å². The van der Waals surface area contributed by atoms with E-state index in [0.29, 0.717) is 25.2 Å². The van der Waals surface area contributed by atoms with Crippen LogP contribution in [0.3, 0.4) is 0 Å². The predicted octanol–water partition coefficient (Wildman–Crippen LogP) is 0.988. The van der Waals surface area contributed by atoms with Crippen molar-refractivity contribution in [1.29, 1.82) is 0 Å². The normalized spacial score (nSPS) is 17.3. The summed E-state index contributed by atoms with van der Waals surface area (Å²) in [6.45, 7) is 1.27. The van der Waals surface area contributed by atoms with Crippen LogP contribution in [0.2, 0.25) is 0 Å². The van der Waals surface area contributed by atoms with Gasteiger partial charge in [-0.1, -0.05) is 18.2 Å². The summed E-state index contributed by atoms with van der Waals surface area (Å²) < 4.78 is 0. The molecule has 7 nitrogen and oxygen atoms in total. The second-order valence-corrected chi connectivity index (χ2v) is 6.59. The summed E-state index contributed by atoms with van der Waals surface area (Å²) in [4.78, 5) is 41.6. The molecule has 0 spiro atoms. The van der Waals surface area contributed by atoms with Crippen LogP contribution in [0.15, 0.2) is 35.1 Å². The average molecular weight is 356 g/mol. The van der Waals surface area contributed by atoms with Crippen LogP contribution in [0.25, 0.3) is 10.9 Å². The SMILES string of the molecule is NCCC(=O)NCC1CCCCN1C(=O)c1cc2ccccc2[nH]c1=O. The number of hydrogen-bond donors (Lipinski definition) is 3. The van der Waals surface area contributed by atoms with Crippen LogP contribution in [-0.4, -0.2) is 47.4 Å². The van der Waals surface area contributed by atoms with Gasteiger partial charge in [-0.05, 0) is 36.8 Å². The lowest BCUT2D eigenvalue weighted by Gasteiger charge is -2.35. The van der Waals surface area contributed by atoms with E-state index >= 15 is 0 Å². The Morgan fingerprint density at radius 1 is 1.27 bits per heavy atom. The molecule has 7 heteroatoms. The molecule has 26 heavy (non-hydrogen) atoms. The fraction of sp³-hybridized carbons (Fsp3) is 0.421. The molecule has 1 aliphatic rings. The van der Waals surface area contributed by atoms with Crippen molar-refractivity contribution in [3.05, 3.63) is 46.2 Å². The van der Waals surface area contributed by atoms with E-state index in [0.717, 1.165) is 24.6 Å². The lowest BCUT2D eigenvalue weighted by atomic mass is 10.0. The number of benzene rings is 1. The van der Waals surface area contributed by atoms with Gasteiger partial charge in [-0.15, -0.1) is 0 Å². The fourth-order valence-corrected chi connectivity index (χ4v) is 3.39. The van der Waals surface area contributed by atoms with Gasteiger partial charge in [-0.2, -0.15) is 0 Å². The number of nitrogens with zero attached hydrogens (tertiary/aromatic N) is 1. The van der Waals surface area contributed by atoms with Gasteiger partial charge in [-0.3, -0.25) is 14.4 Å². The monoisotopic (exact) mass is 356 g/mol. The number of carbonyl (C=O) groups is 2. The third kappa shape index (κ3) is 3.94. The highest BCUT2D eigenvalue weighted by Crippen LogP contribution is 2.19. The Morgan fingerprint density at radius 2 is 2.08 bits per heavy atom. The molecule has 1 saturated heterocycles. The smallest absolute Gasteiger partial charge is 0.261 e. The number of nitrogens with two attached hydrogens (primary N) is 1. The average Bonchev–Trinajstić information content (AvgIpc) is 2.66. The van der Waals surface area contributed by atoms with Crippen LogP contribution in [0.4, 0.5) is 0 Å². The first kappa shape index (κ1) is 18.1. The topological polar surface area (TPSA) is 108 Å². The zero-order valence-electron chi connectivity index (χ0n) is 14.7. The highest BCUT2D eigenvalue weighted by molar-refractivity contribution is 5.97. The quantitative estimate of drug-likeness (QED) is 0.742. The number of likely N-dealkylation sites (tertiary alicyclic amines) is 1. The maximum Gasteiger partial charge on any atom is 0.261 e. The summed E-state index contributed by atoms with van der Waals surface area (Å²) in [5.41, 5.74) is 5.85. The molecule has 1 atom stereocenters. The van der Waals surface area contributed by atoms with Gasteiger partial charge in [0, 0.05) is 37.6 Å². The Morgan fingerprint density at radius 3 is 2.88 bits per heavy atom. The first-order valence-corrected chi connectivity index (χ1v) is 9.00. The van der Waals surface area contributed by atoms with E-state index in [-0.39, 0.29) is 35.4 Å². The van der Waals surface area contributed by atoms with Crippen LogP contribution >= 0.6 is 0 Å². The second kappa shape index (κ2) is 8.14.